The van der Waals surface area contributed by atoms with Gasteiger partial charge in [-0.05, 0) is 107 Å². The lowest BCUT2D eigenvalue weighted by molar-refractivity contribution is -0.143. The number of rotatable bonds is 6. The molecule has 4 aliphatic rings. The number of benzene rings is 2. The topological polar surface area (TPSA) is 123 Å². The van der Waals surface area contributed by atoms with Gasteiger partial charge >= 0.3 is 6.03 Å². The highest BCUT2D eigenvalue weighted by Gasteiger charge is 2.55. The Bertz CT molecular complexity index is 1490. The number of anilines is 3. The molecule has 1 aromatic heterocycles. The summed E-state index contributed by atoms with van der Waals surface area (Å²) >= 11 is 0. The summed E-state index contributed by atoms with van der Waals surface area (Å²) in [6.07, 6.45) is 6.87. The van der Waals surface area contributed by atoms with Gasteiger partial charge in [0.05, 0.1) is 40.2 Å². The molecule has 1 heterocycles. The molecule has 7 rings (SSSR count). The highest BCUT2D eigenvalue weighted by atomic mass is 16.3. The maximum Gasteiger partial charge on any atom is 0.326 e. The van der Waals surface area contributed by atoms with Gasteiger partial charge in [-0.25, -0.2) is 9.78 Å². The molecule has 2 aromatic carbocycles. The van der Waals surface area contributed by atoms with Crippen LogP contribution in [-0.4, -0.2) is 39.2 Å². The number of aromatic nitrogens is 2. The Morgan fingerprint density at radius 3 is 2.40 bits per heavy atom. The standard InChI is InChI=1S/C31H36N6O3/c1-30(2,40)18-37-26-8-7-24(36(3)27(38)31-14-20-9-21(15-31)11-22(10-20)16-31)13-25(26)34-28(37)35-29(39)33-23-6-4-5-19(12-23)17-32/h4-8,12-13,20-22,40H,9-11,14-16,18H2,1-3H3,(H2,33,34,35,39). The highest BCUT2D eigenvalue weighted by Crippen LogP contribution is 2.60. The SMILES string of the molecule is CN(C(=O)C12CC3CC(CC(C3)C1)C2)c1ccc2c(c1)nc(NC(=O)Nc1cccc(C#N)c1)n2CC(C)(C)O. The van der Waals surface area contributed by atoms with Gasteiger partial charge < -0.3 is 19.9 Å². The molecule has 3 aromatic rings. The van der Waals surface area contributed by atoms with Crippen LogP contribution in [0.3, 0.4) is 0 Å². The molecule has 9 heteroatoms. The van der Waals surface area contributed by atoms with Crippen molar-refractivity contribution in [3.63, 3.8) is 0 Å². The maximum atomic E-state index is 13.9. The molecular weight excluding hydrogens is 504 g/mol. The van der Waals surface area contributed by atoms with Gasteiger partial charge in [0.1, 0.15) is 0 Å². The van der Waals surface area contributed by atoms with Crippen molar-refractivity contribution in [2.75, 3.05) is 22.6 Å². The Balaban J connectivity index is 1.27. The van der Waals surface area contributed by atoms with E-state index in [1.165, 1.54) is 19.3 Å². The molecule has 4 bridgehead atoms. The molecule has 3 amide bonds. The molecule has 0 unspecified atom stereocenters. The van der Waals surface area contributed by atoms with Crippen molar-refractivity contribution in [2.24, 2.45) is 23.2 Å². The fourth-order valence-corrected chi connectivity index (χ4v) is 7.75. The first-order valence-electron chi connectivity index (χ1n) is 14.1. The molecule has 0 spiro atoms. The second-order valence-corrected chi connectivity index (χ2v) is 12.8. The molecule has 3 N–H and O–H groups in total. The first-order valence-corrected chi connectivity index (χ1v) is 14.1. The number of hydrogen-bond acceptors (Lipinski definition) is 5. The van der Waals surface area contributed by atoms with Crippen molar-refractivity contribution >= 4 is 40.3 Å². The average molecular weight is 541 g/mol. The van der Waals surface area contributed by atoms with Crippen LogP contribution in [0.4, 0.5) is 22.1 Å². The van der Waals surface area contributed by atoms with E-state index in [4.69, 9.17) is 10.2 Å². The third kappa shape index (κ3) is 4.92. The van der Waals surface area contributed by atoms with E-state index in [0.717, 1.165) is 30.5 Å². The van der Waals surface area contributed by atoms with Crippen LogP contribution in [0.2, 0.25) is 0 Å². The van der Waals surface area contributed by atoms with Crippen molar-refractivity contribution < 1.29 is 14.7 Å². The Kier molecular flexibility index (Phi) is 6.34. The Labute approximate surface area is 234 Å². The van der Waals surface area contributed by atoms with Gasteiger partial charge in [-0.3, -0.25) is 10.1 Å². The van der Waals surface area contributed by atoms with Crippen molar-refractivity contribution in [3.05, 3.63) is 48.0 Å². The number of urea groups is 1. The van der Waals surface area contributed by atoms with E-state index < -0.39 is 11.6 Å². The predicted molar refractivity (Wildman–Crippen MR) is 154 cm³/mol. The van der Waals surface area contributed by atoms with Crippen LogP contribution in [0.25, 0.3) is 11.0 Å². The molecule has 4 saturated carbocycles. The van der Waals surface area contributed by atoms with E-state index in [9.17, 15) is 14.7 Å². The molecule has 208 valence electrons. The number of nitrogens with one attached hydrogen (secondary N) is 2. The molecule has 0 radical (unpaired) electrons. The third-order valence-corrected chi connectivity index (χ3v) is 8.94. The predicted octanol–water partition coefficient (Wildman–Crippen LogP) is 5.50. The van der Waals surface area contributed by atoms with Crippen LogP contribution in [0.1, 0.15) is 57.9 Å². The number of imidazole rings is 1. The summed E-state index contributed by atoms with van der Waals surface area (Å²) in [5.41, 5.74) is 1.74. The molecular formula is C31H36N6O3. The molecule has 40 heavy (non-hydrogen) atoms. The van der Waals surface area contributed by atoms with Gasteiger partial charge in [0.25, 0.3) is 0 Å². The Morgan fingerprint density at radius 1 is 1.10 bits per heavy atom. The highest BCUT2D eigenvalue weighted by molar-refractivity contribution is 6.01. The lowest BCUT2D eigenvalue weighted by Crippen LogP contribution is -2.54. The summed E-state index contributed by atoms with van der Waals surface area (Å²) in [5, 5.41) is 25.3. The van der Waals surface area contributed by atoms with Crippen LogP contribution in [0.5, 0.6) is 0 Å². The van der Waals surface area contributed by atoms with Gasteiger partial charge in [-0.2, -0.15) is 5.26 Å². The quantitative estimate of drug-likeness (QED) is 0.381. The van der Waals surface area contributed by atoms with Crippen molar-refractivity contribution in [2.45, 2.75) is 64.5 Å². The summed E-state index contributed by atoms with van der Waals surface area (Å²) in [6.45, 7) is 3.59. The minimum atomic E-state index is -1.06. The number of carbonyl (C=O) groups excluding carboxylic acids is 2. The van der Waals surface area contributed by atoms with Crippen molar-refractivity contribution in [1.82, 2.24) is 9.55 Å². The number of nitrogens with zero attached hydrogens (tertiary/aromatic N) is 4. The normalized spacial score (nSPS) is 25.0. The van der Waals surface area contributed by atoms with E-state index in [1.807, 2.05) is 25.2 Å². The molecule has 0 aliphatic heterocycles. The molecule has 9 nitrogen and oxygen atoms in total. The minimum Gasteiger partial charge on any atom is -0.389 e. The van der Waals surface area contributed by atoms with Crippen LogP contribution in [-0.2, 0) is 11.3 Å². The number of nitriles is 1. The minimum absolute atomic E-state index is 0.199. The molecule has 0 atom stereocenters. The zero-order valence-corrected chi connectivity index (χ0v) is 23.3. The van der Waals surface area contributed by atoms with Crippen molar-refractivity contribution in [1.29, 1.82) is 5.26 Å². The second-order valence-electron chi connectivity index (χ2n) is 12.8. The second kappa shape index (κ2) is 9.63. The van der Waals surface area contributed by atoms with E-state index in [1.54, 1.807) is 47.6 Å². The first-order chi connectivity index (χ1) is 19.0. The molecule has 4 fully saturated rings. The monoisotopic (exact) mass is 540 g/mol. The fraction of sp³-hybridized carbons (Fsp3) is 0.484. The Hall–Kier alpha value is -3.90. The van der Waals surface area contributed by atoms with E-state index in [2.05, 4.69) is 16.7 Å². The smallest absolute Gasteiger partial charge is 0.326 e. The lowest BCUT2D eigenvalue weighted by atomic mass is 9.49. The van der Waals surface area contributed by atoms with Gasteiger partial charge in [-0.1, -0.05) is 6.07 Å². The summed E-state index contributed by atoms with van der Waals surface area (Å²) in [5.74, 6) is 2.54. The number of amides is 3. The van der Waals surface area contributed by atoms with E-state index in [0.29, 0.717) is 34.5 Å². The van der Waals surface area contributed by atoms with Gasteiger partial charge in [0, 0.05) is 18.4 Å². The number of carbonyl (C=O) groups is 2. The van der Waals surface area contributed by atoms with Gasteiger partial charge in [0.2, 0.25) is 11.9 Å². The number of aliphatic hydroxyl groups is 1. The van der Waals surface area contributed by atoms with Crippen LogP contribution < -0.4 is 15.5 Å². The largest absolute Gasteiger partial charge is 0.389 e. The van der Waals surface area contributed by atoms with Crippen LogP contribution in [0, 0.1) is 34.5 Å². The average Bonchev–Trinajstić information content (AvgIpc) is 3.21. The fourth-order valence-electron chi connectivity index (χ4n) is 7.75. The zero-order chi connectivity index (χ0) is 28.2. The first kappa shape index (κ1) is 26.3. The van der Waals surface area contributed by atoms with Gasteiger partial charge in [-0.15, -0.1) is 0 Å². The van der Waals surface area contributed by atoms with Gasteiger partial charge in [0.15, 0.2) is 0 Å². The van der Waals surface area contributed by atoms with Crippen LogP contribution >= 0.6 is 0 Å². The summed E-state index contributed by atoms with van der Waals surface area (Å²) < 4.78 is 1.77. The molecule has 0 saturated heterocycles. The Morgan fingerprint density at radius 2 is 1.77 bits per heavy atom. The summed E-state index contributed by atoms with van der Waals surface area (Å²) in [7, 11) is 1.86. The lowest BCUT2D eigenvalue weighted by Gasteiger charge is -2.56. The van der Waals surface area contributed by atoms with Crippen molar-refractivity contribution in [3.8, 4) is 6.07 Å². The zero-order valence-electron chi connectivity index (χ0n) is 23.3. The van der Waals surface area contributed by atoms with E-state index in [-0.39, 0.29) is 23.8 Å². The number of fused-ring (bicyclic) bond motifs is 1. The summed E-state index contributed by atoms with van der Waals surface area (Å²) in [6, 6.07) is 13.9. The molecule has 4 aliphatic carbocycles. The summed E-state index contributed by atoms with van der Waals surface area (Å²) in [4.78, 5) is 33.3. The van der Waals surface area contributed by atoms with E-state index >= 15 is 0 Å². The third-order valence-electron chi connectivity index (χ3n) is 8.94. The van der Waals surface area contributed by atoms with Crippen LogP contribution in [0.15, 0.2) is 42.5 Å². The number of hydrogen-bond donors (Lipinski definition) is 3. The maximum absolute atomic E-state index is 13.9.